The first-order valence-electron chi connectivity index (χ1n) is 20.1. The van der Waals surface area contributed by atoms with E-state index in [1.165, 1.54) is 38.2 Å². The van der Waals surface area contributed by atoms with Crippen LogP contribution in [0.4, 0.5) is 10.5 Å². The normalized spacial score (nSPS) is 24.3. The highest BCUT2D eigenvalue weighted by molar-refractivity contribution is 6.48. The SMILES string of the molecule is CCN1CCN(C(=O)NC(C(=O)N[C@@H](Cc2cccc(C(=O)OC(C)(C)C)c2OC)B2O[C@@H]3C[C@@H]4C[C@@H](C4(C)C)[C@]3(C)O2)c2ccc(OC)c(NC(C)=O)c2)C(=O)C1=O. The highest BCUT2D eigenvalue weighted by Gasteiger charge is 2.68. The van der Waals surface area contributed by atoms with Gasteiger partial charge in [-0.25, -0.2) is 9.59 Å². The van der Waals surface area contributed by atoms with Crippen LogP contribution in [-0.4, -0.2) is 110 Å². The van der Waals surface area contributed by atoms with E-state index in [9.17, 15) is 28.8 Å². The highest BCUT2D eigenvalue weighted by atomic mass is 16.7. The van der Waals surface area contributed by atoms with Crippen molar-refractivity contribution in [3.8, 4) is 11.5 Å². The Hall–Kier alpha value is -5.16. The average molecular weight is 818 g/mol. The number of ether oxygens (including phenoxy) is 3. The molecule has 16 nitrogen and oxygen atoms in total. The molecule has 5 fully saturated rings. The number of nitrogens with zero attached hydrogens (tertiary/aromatic N) is 2. The smallest absolute Gasteiger partial charge is 0.482 e. The lowest BCUT2D eigenvalue weighted by Gasteiger charge is -2.64. The van der Waals surface area contributed by atoms with Gasteiger partial charge in [-0.1, -0.05) is 32.0 Å². The second-order valence-electron chi connectivity index (χ2n) is 17.5. The van der Waals surface area contributed by atoms with Gasteiger partial charge in [0.1, 0.15) is 28.7 Å². The Morgan fingerprint density at radius 1 is 0.983 bits per heavy atom. The lowest BCUT2D eigenvalue weighted by molar-refractivity contribution is -0.199. The van der Waals surface area contributed by atoms with Crippen molar-refractivity contribution < 1.29 is 52.3 Å². The molecule has 2 aromatic rings. The quantitative estimate of drug-likeness (QED) is 0.159. The van der Waals surface area contributed by atoms with E-state index >= 15 is 0 Å². The first-order valence-corrected chi connectivity index (χ1v) is 20.1. The van der Waals surface area contributed by atoms with E-state index in [0.29, 0.717) is 23.8 Å². The average Bonchev–Trinajstić information content (AvgIpc) is 3.53. The lowest BCUT2D eigenvalue weighted by Crippen LogP contribution is -2.65. The molecular formula is C42H56BN5O11. The van der Waals surface area contributed by atoms with Gasteiger partial charge in [-0.15, -0.1) is 0 Å². The number of esters is 1. The molecule has 5 aliphatic rings. The fraction of sp³-hybridized carbons (Fsp3) is 0.571. The molecule has 6 atom stereocenters. The van der Waals surface area contributed by atoms with Crippen LogP contribution in [0, 0.1) is 17.3 Å². The van der Waals surface area contributed by atoms with Gasteiger partial charge in [0.05, 0.1) is 37.6 Å². The Bertz CT molecular complexity index is 2020. The second-order valence-corrected chi connectivity index (χ2v) is 17.5. The number of nitrogens with one attached hydrogen (secondary N) is 3. The van der Waals surface area contributed by atoms with E-state index in [0.717, 1.165) is 17.7 Å². The van der Waals surface area contributed by atoms with Crippen LogP contribution in [0.3, 0.4) is 0 Å². The van der Waals surface area contributed by atoms with Crippen molar-refractivity contribution in [3.63, 3.8) is 0 Å². The summed E-state index contributed by atoms with van der Waals surface area (Å²) in [5.41, 5.74) is -0.197. The van der Waals surface area contributed by atoms with Gasteiger partial charge in [0.15, 0.2) is 0 Å². The first-order chi connectivity index (χ1) is 27.7. The number of amides is 6. The molecule has 2 heterocycles. The highest BCUT2D eigenvalue weighted by Crippen LogP contribution is 2.65. The molecular weight excluding hydrogens is 761 g/mol. The molecule has 59 heavy (non-hydrogen) atoms. The van der Waals surface area contributed by atoms with Crippen molar-refractivity contribution in [2.75, 3.05) is 39.2 Å². The Kier molecular flexibility index (Phi) is 12.1. The van der Waals surface area contributed by atoms with Gasteiger partial charge in [-0.2, -0.15) is 0 Å². The molecule has 6 amide bonds. The van der Waals surface area contributed by atoms with Crippen LogP contribution in [0.25, 0.3) is 0 Å². The van der Waals surface area contributed by atoms with E-state index in [-0.39, 0.29) is 59.5 Å². The number of benzene rings is 2. The van der Waals surface area contributed by atoms with Crippen LogP contribution in [0.1, 0.15) is 95.8 Å². The van der Waals surface area contributed by atoms with Crippen LogP contribution in [-0.2, 0) is 39.6 Å². The molecule has 318 valence electrons. The summed E-state index contributed by atoms with van der Waals surface area (Å²) in [5, 5.41) is 8.45. The molecule has 17 heteroatoms. The number of methoxy groups -OCH3 is 2. The zero-order valence-electron chi connectivity index (χ0n) is 35.6. The van der Waals surface area contributed by atoms with Gasteiger partial charge < -0.3 is 44.4 Å². The minimum atomic E-state index is -1.48. The summed E-state index contributed by atoms with van der Waals surface area (Å²) in [6.45, 7) is 15.2. The van der Waals surface area contributed by atoms with E-state index in [2.05, 4.69) is 36.7 Å². The number of hydrogen-bond acceptors (Lipinski definition) is 11. The predicted octanol–water partition coefficient (Wildman–Crippen LogP) is 4.05. The van der Waals surface area contributed by atoms with Crippen molar-refractivity contribution in [1.82, 2.24) is 20.4 Å². The van der Waals surface area contributed by atoms with Crippen molar-refractivity contribution in [2.45, 2.75) is 104 Å². The monoisotopic (exact) mass is 817 g/mol. The number of carbonyl (C=O) groups is 6. The maximum Gasteiger partial charge on any atom is 0.482 e. The molecule has 2 aliphatic heterocycles. The van der Waals surface area contributed by atoms with Crippen LogP contribution in [0.5, 0.6) is 11.5 Å². The summed E-state index contributed by atoms with van der Waals surface area (Å²) in [7, 11) is 1.90. The van der Waals surface area contributed by atoms with E-state index in [1.807, 2.05) is 0 Å². The Morgan fingerprint density at radius 3 is 2.34 bits per heavy atom. The van der Waals surface area contributed by atoms with Crippen LogP contribution in [0.2, 0.25) is 0 Å². The van der Waals surface area contributed by atoms with Gasteiger partial charge in [-0.05, 0) is 100 Å². The van der Waals surface area contributed by atoms with Gasteiger partial charge in [0, 0.05) is 26.6 Å². The maximum absolute atomic E-state index is 14.9. The second kappa shape index (κ2) is 16.5. The van der Waals surface area contributed by atoms with Gasteiger partial charge in [0.2, 0.25) is 11.8 Å². The summed E-state index contributed by atoms with van der Waals surface area (Å²) >= 11 is 0. The topological polar surface area (TPSA) is 191 Å². The molecule has 0 aromatic heterocycles. The minimum Gasteiger partial charge on any atom is -0.496 e. The fourth-order valence-electron chi connectivity index (χ4n) is 9.13. The number of imide groups is 1. The fourth-order valence-corrected chi connectivity index (χ4v) is 9.13. The first kappa shape index (κ1) is 43.4. The number of piperazine rings is 1. The van der Waals surface area contributed by atoms with Crippen molar-refractivity contribution in [2.24, 2.45) is 17.3 Å². The lowest BCUT2D eigenvalue weighted by atomic mass is 9.43. The summed E-state index contributed by atoms with van der Waals surface area (Å²) in [6.07, 6.45) is 1.59. The Labute approximate surface area is 345 Å². The Morgan fingerprint density at radius 2 is 1.71 bits per heavy atom. The van der Waals surface area contributed by atoms with E-state index < -0.39 is 65.9 Å². The molecule has 0 spiro atoms. The minimum absolute atomic E-state index is 0.0317. The van der Waals surface area contributed by atoms with Crippen molar-refractivity contribution >= 4 is 48.4 Å². The number of likely N-dealkylation sites (N-methyl/N-ethyl adjacent to an activating group) is 1. The molecule has 2 saturated heterocycles. The van der Waals surface area contributed by atoms with Gasteiger partial charge in [0.25, 0.3) is 0 Å². The molecule has 3 N–H and O–H groups in total. The summed E-state index contributed by atoms with van der Waals surface area (Å²) in [6, 6.07) is 7.21. The molecule has 0 radical (unpaired) electrons. The zero-order chi connectivity index (χ0) is 43.2. The van der Waals surface area contributed by atoms with Gasteiger partial charge >= 0.3 is 30.9 Å². The standard InChI is InChI=1S/C42H56BN5O11/c1-11-47-17-18-48(37(52)36(47)51)39(54)46-33(24-15-16-29(55-9)28(19-24)44-23(2)49)35(50)45-32(43-58-31-22-26-21-30(41(26,6)7)42(31,8)59-43)20-25-13-12-14-27(34(25)56-10)38(53)57-40(3,4)5/h12-16,19,26,30-33H,11,17-18,20-22H2,1-10H3,(H,44,49)(H,45,50)(H,46,54)/t26-,30-,31+,32-,33?,42-/m0/s1. The van der Waals surface area contributed by atoms with Crippen LogP contribution < -0.4 is 25.4 Å². The third kappa shape index (κ3) is 8.49. The number of para-hydroxylation sites is 1. The van der Waals surface area contributed by atoms with E-state index in [1.54, 1.807) is 52.0 Å². The molecule has 2 aromatic carbocycles. The number of anilines is 1. The molecule has 1 unspecified atom stereocenters. The van der Waals surface area contributed by atoms with E-state index in [4.69, 9.17) is 23.5 Å². The Balaban J connectivity index is 1.38. The van der Waals surface area contributed by atoms with Crippen LogP contribution in [0.15, 0.2) is 36.4 Å². The summed E-state index contributed by atoms with van der Waals surface area (Å²) < 4.78 is 30.5. The number of carbonyl (C=O) groups excluding carboxylic acids is 6. The summed E-state index contributed by atoms with van der Waals surface area (Å²) in [4.78, 5) is 82.3. The third-order valence-corrected chi connectivity index (χ3v) is 12.3. The molecule has 7 rings (SSSR count). The number of hydrogen-bond donors (Lipinski definition) is 3. The van der Waals surface area contributed by atoms with Gasteiger partial charge in [-0.3, -0.25) is 24.1 Å². The molecule has 3 aliphatic carbocycles. The predicted molar refractivity (Wildman–Crippen MR) is 216 cm³/mol. The summed E-state index contributed by atoms with van der Waals surface area (Å²) in [5.74, 6) is -3.28. The molecule has 3 saturated carbocycles. The number of rotatable bonds is 12. The largest absolute Gasteiger partial charge is 0.496 e. The molecule has 2 bridgehead atoms. The number of urea groups is 1. The third-order valence-electron chi connectivity index (χ3n) is 12.3. The van der Waals surface area contributed by atoms with Crippen LogP contribution >= 0.6 is 0 Å². The van der Waals surface area contributed by atoms with Crippen molar-refractivity contribution in [3.05, 3.63) is 53.1 Å². The maximum atomic E-state index is 14.9. The van der Waals surface area contributed by atoms with Crippen molar-refractivity contribution in [1.29, 1.82) is 0 Å². The zero-order valence-corrected chi connectivity index (χ0v) is 35.6.